The van der Waals surface area contributed by atoms with Gasteiger partial charge < -0.3 is 0 Å². The molecule has 26 heavy (non-hydrogen) atoms. The monoisotopic (exact) mass is 367 g/mol. The van der Waals surface area contributed by atoms with Gasteiger partial charge in [-0.05, 0) is 31.9 Å². The molecule has 0 saturated carbocycles. The number of carbonyl (C=O) groups is 1. The zero-order valence-corrected chi connectivity index (χ0v) is 14.4. The average Bonchev–Trinajstić information content (AvgIpc) is 3.27. The Labute approximate surface area is 149 Å². The van der Waals surface area contributed by atoms with Crippen molar-refractivity contribution in [1.82, 2.24) is 24.8 Å². The van der Waals surface area contributed by atoms with Gasteiger partial charge in [-0.2, -0.15) is 9.49 Å². The van der Waals surface area contributed by atoms with Crippen molar-refractivity contribution >= 4 is 5.91 Å². The number of hydrazine groups is 1. The maximum Gasteiger partial charge on any atom is 0.283 e. The average molecular weight is 367 g/mol. The van der Waals surface area contributed by atoms with Crippen LogP contribution in [0.15, 0.2) is 24.4 Å². The Kier molecular flexibility index (Phi) is 5.55. The van der Waals surface area contributed by atoms with Crippen molar-refractivity contribution in [2.45, 2.75) is 39.3 Å². The number of hydrogen-bond donors (Lipinski definition) is 0. The smallest absolute Gasteiger partial charge is 0.267 e. The molecular weight excluding hydrogens is 347 g/mol. The predicted octanol–water partition coefficient (Wildman–Crippen LogP) is 3.03. The van der Waals surface area contributed by atoms with Crippen molar-refractivity contribution in [1.29, 1.82) is 0 Å². The normalized spacial score (nSPS) is 15.0. The highest BCUT2D eigenvalue weighted by Crippen LogP contribution is 2.27. The molecule has 3 rings (SSSR count). The van der Waals surface area contributed by atoms with E-state index in [2.05, 4.69) is 10.1 Å². The van der Waals surface area contributed by atoms with Gasteiger partial charge in [-0.3, -0.25) is 14.8 Å². The summed E-state index contributed by atoms with van der Waals surface area (Å²) in [7, 11) is 0. The molecule has 0 spiro atoms. The van der Waals surface area contributed by atoms with Crippen molar-refractivity contribution < 1.29 is 18.0 Å². The van der Waals surface area contributed by atoms with E-state index in [1.165, 1.54) is 5.01 Å². The Morgan fingerprint density at radius 3 is 2.62 bits per heavy atom. The predicted molar refractivity (Wildman–Crippen MR) is 87.7 cm³/mol. The number of hydrogen-bond acceptors (Lipinski definition) is 4. The summed E-state index contributed by atoms with van der Waals surface area (Å²) in [5, 5.41) is 6.64. The lowest BCUT2D eigenvalue weighted by Gasteiger charge is -2.31. The molecule has 0 unspecified atom stereocenters. The van der Waals surface area contributed by atoms with Gasteiger partial charge >= 0.3 is 0 Å². The van der Waals surface area contributed by atoms with E-state index < -0.39 is 29.5 Å². The number of alkyl halides is 2. The van der Waals surface area contributed by atoms with Crippen molar-refractivity contribution in [2.75, 3.05) is 13.1 Å². The van der Waals surface area contributed by atoms with Crippen LogP contribution in [0.3, 0.4) is 0 Å². The fourth-order valence-electron chi connectivity index (χ4n) is 3.04. The van der Waals surface area contributed by atoms with Crippen LogP contribution in [-0.4, -0.2) is 43.8 Å². The minimum absolute atomic E-state index is 0.0583. The lowest BCUT2D eigenvalue weighted by Crippen LogP contribution is -2.45. The van der Waals surface area contributed by atoms with Crippen molar-refractivity contribution in [3.05, 3.63) is 47.3 Å². The van der Waals surface area contributed by atoms with Crippen LogP contribution in [0.25, 0.3) is 0 Å². The van der Waals surface area contributed by atoms with Gasteiger partial charge in [0.1, 0.15) is 11.3 Å². The van der Waals surface area contributed by atoms with Crippen LogP contribution in [0, 0.1) is 5.95 Å². The molecule has 1 aliphatic heterocycles. The maximum absolute atomic E-state index is 14.6. The van der Waals surface area contributed by atoms with Gasteiger partial charge in [-0.1, -0.05) is 6.07 Å². The summed E-state index contributed by atoms with van der Waals surface area (Å²) in [5.41, 5.74) is -0.890. The summed E-state index contributed by atoms with van der Waals surface area (Å²) < 4.78 is 42.1. The molecule has 9 heteroatoms. The minimum atomic E-state index is -3.04. The Bertz CT molecular complexity index is 759. The summed E-state index contributed by atoms with van der Waals surface area (Å²) in [6.07, 6.45) is 0.309. The van der Waals surface area contributed by atoms with E-state index in [9.17, 15) is 18.0 Å². The molecular formula is C17H20F3N5O. The number of halogens is 3. The molecule has 1 fully saturated rings. The van der Waals surface area contributed by atoms with Crippen molar-refractivity contribution in [3.8, 4) is 0 Å². The van der Waals surface area contributed by atoms with Gasteiger partial charge in [-0.15, -0.1) is 0 Å². The molecule has 140 valence electrons. The number of amides is 1. The van der Waals surface area contributed by atoms with E-state index >= 15 is 0 Å². The van der Waals surface area contributed by atoms with Crippen molar-refractivity contribution in [3.63, 3.8) is 0 Å². The summed E-state index contributed by atoms with van der Waals surface area (Å²) in [5.74, 6) is -1.84. The van der Waals surface area contributed by atoms with E-state index in [1.54, 1.807) is 36.3 Å². The highest BCUT2D eigenvalue weighted by atomic mass is 19.3. The third-order valence-electron chi connectivity index (χ3n) is 4.33. The standard InChI is InChI=1S/C17H20F3N5O/c1-2-24-16(20)13(14(22-24)15(18)19)17(26)25(23-9-5-6-10-23)11-12-7-3-4-8-21-12/h3-4,7-8,15H,2,5-6,9-11H2,1H3. The highest BCUT2D eigenvalue weighted by molar-refractivity contribution is 5.95. The fourth-order valence-corrected chi connectivity index (χ4v) is 3.04. The topological polar surface area (TPSA) is 54.3 Å². The summed E-state index contributed by atoms with van der Waals surface area (Å²) in [4.78, 5) is 17.2. The van der Waals surface area contributed by atoms with Crippen LogP contribution < -0.4 is 0 Å². The molecule has 0 atom stereocenters. The van der Waals surface area contributed by atoms with Crippen LogP contribution in [0.4, 0.5) is 13.2 Å². The zero-order chi connectivity index (χ0) is 18.7. The van der Waals surface area contributed by atoms with Gasteiger partial charge in [0.05, 0.1) is 12.2 Å². The van der Waals surface area contributed by atoms with Gasteiger partial charge in [0.2, 0.25) is 5.95 Å². The lowest BCUT2D eigenvalue weighted by atomic mass is 10.2. The largest absolute Gasteiger partial charge is 0.283 e. The van der Waals surface area contributed by atoms with Gasteiger partial charge in [0, 0.05) is 25.8 Å². The number of nitrogens with zero attached hydrogens (tertiary/aromatic N) is 5. The van der Waals surface area contributed by atoms with E-state index in [1.807, 2.05) is 0 Å². The van der Waals surface area contributed by atoms with E-state index in [4.69, 9.17) is 0 Å². The summed E-state index contributed by atoms with van der Waals surface area (Å²) >= 11 is 0. The van der Waals surface area contributed by atoms with Crippen LogP contribution in [0.1, 0.15) is 47.9 Å². The quantitative estimate of drug-likeness (QED) is 0.788. The second-order valence-electron chi connectivity index (χ2n) is 6.01. The zero-order valence-electron chi connectivity index (χ0n) is 14.4. The van der Waals surface area contributed by atoms with E-state index in [0.29, 0.717) is 18.8 Å². The Hall–Kier alpha value is -2.42. The SMILES string of the molecule is CCn1nc(C(F)F)c(C(=O)N(Cc2ccccn2)N2CCCC2)c1F. The van der Waals surface area contributed by atoms with Crippen LogP contribution in [0.5, 0.6) is 0 Å². The molecule has 1 saturated heterocycles. The summed E-state index contributed by atoms with van der Waals surface area (Å²) in [6, 6.07) is 5.25. The third-order valence-corrected chi connectivity index (χ3v) is 4.33. The lowest BCUT2D eigenvalue weighted by molar-refractivity contribution is -0.00257. The molecule has 0 bridgehead atoms. The Morgan fingerprint density at radius 2 is 2.04 bits per heavy atom. The molecule has 1 amide bonds. The van der Waals surface area contributed by atoms with Crippen LogP contribution >= 0.6 is 0 Å². The molecule has 0 radical (unpaired) electrons. The maximum atomic E-state index is 14.6. The molecule has 0 aromatic carbocycles. The Morgan fingerprint density at radius 1 is 1.31 bits per heavy atom. The van der Waals surface area contributed by atoms with Crippen molar-refractivity contribution in [2.24, 2.45) is 0 Å². The first-order valence-electron chi connectivity index (χ1n) is 8.54. The number of pyridine rings is 1. The molecule has 0 aliphatic carbocycles. The molecule has 6 nitrogen and oxygen atoms in total. The first-order valence-corrected chi connectivity index (χ1v) is 8.54. The summed E-state index contributed by atoms with van der Waals surface area (Å²) in [6.45, 7) is 2.92. The number of aryl methyl sites for hydroxylation is 1. The third kappa shape index (κ3) is 3.57. The Balaban J connectivity index is 1.98. The molecule has 1 aliphatic rings. The van der Waals surface area contributed by atoms with E-state index in [0.717, 1.165) is 17.5 Å². The molecule has 2 aromatic heterocycles. The minimum Gasteiger partial charge on any atom is -0.267 e. The second-order valence-corrected chi connectivity index (χ2v) is 6.01. The molecule has 0 N–H and O–H groups in total. The van der Waals surface area contributed by atoms with Gasteiger partial charge in [-0.25, -0.2) is 18.5 Å². The van der Waals surface area contributed by atoms with Gasteiger partial charge in [0.15, 0.2) is 0 Å². The first kappa shape index (κ1) is 18.4. The molecule has 2 aromatic rings. The fraction of sp³-hybridized carbons (Fsp3) is 0.471. The van der Waals surface area contributed by atoms with Gasteiger partial charge in [0.25, 0.3) is 12.3 Å². The number of aromatic nitrogens is 3. The van der Waals surface area contributed by atoms with Crippen LogP contribution in [-0.2, 0) is 13.1 Å². The number of rotatable bonds is 6. The second kappa shape index (κ2) is 7.86. The van der Waals surface area contributed by atoms with E-state index in [-0.39, 0.29) is 13.1 Å². The molecule has 3 heterocycles. The number of carbonyl (C=O) groups excluding carboxylic acids is 1. The highest BCUT2D eigenvalue weighted by Gasteiger charge is 2.35. The first-order chi connectivity index (χ1) is 12.5. The van der Waals surface area contributed by atoms with Crippen LogP contribution in [0.2, 0.25) is 0 Å².